The molecule has 1 heterocycles. The Bertz CT molecular complexity index is 992. The van der Waals surface area contributed by atoms with Gasteiger partial charge in [-0.3, -0.25) is 4.79 Å². The molecule has 0 atom stereocenters. The van der Waals surface area contributed by atoms with Crippen molar-refractivity contribution < 1.29 is 9.53 Å². The van der Waals surface area contributed by atoms with E-state index in [-0.39, 0.29) is 5.91 Å². The summed E-state index contributed by atoms with van der Waals surface area (Å²) >= 11 is 1.55. The van der Waals surface area contributed by atoms with Gasteiger partial charge in [0.2, 0.25) is 0 Å². The lowest BCUT2D eigenvalue weighted by Gasteiger charge is -2.20. The molecule has 4 nitrogen and oxygen atoms in total. The topological polar surface area (TPSA) is 42.4 Å². The fraction of sp³-hybridized carbons (Fsp3) is 0.250. The predicted molar refractivity (Wildman–Crippen MR) is 118 cm³/mol. The summed E-state index contributed by atoms with van der Waals surface area (Å²) in [6.07, 6.45) is 1.74. The van der Waals surface area contributed by atoms with Crippen molar-refractivity contribution >= 4 is 17.2 Å². The first-order chi connectivity index (χ1) is 14.0. The molecule has 0 saturated carbocycles. The molecule has 29 heavy (non-hydrogen) atoms. The Labute approximate surface area is 176 Å². The van der Waals surface area contributed by atoms with Crippen LogP contribution in [0.15, 0.2) is 60.5 Å². The van der Waals surface area contributed by atoms with Gasteiger partial charge in [-0.1, -0.05) is 35.9 Å². The standard InChI is InChI=1S/C24H26N2O2S/c1-5-13-26(24(27)20-11-9-17(2)10-12-20)14-21-16-29-23(25-21)15-28-22-8-6-7-18(3)19(22)4/h5-12,16H,1,13-15H2,2-4H3. The van der Waals surface area contributed by atoms with Crippen molar-refractivity contribution in [1.82, 2.24) is 9.88 Å². The molecule has 3 aromatic rings. The van der Waals surface area contributed by atoms with Gasteiger partial charge >= 0.3 is 0 Å². The summed E-state index contributed by atoms with van der Waals surface area (Å²) < 4.78 is 5.95. The third kappa shape index (κ3) is 5.33. The zero-order valence-electron chi connectivity index (χ0n) is 17.1. The summed E-state index contributed by atoms with van der Waals surface area (Å²) in [5.74, 6) is 0.857. The Balaban J connectivity index is 1.66. The Hall–Kier alpha value is -2.92. The van der Waals surface area contributed by atoms with Gasteiger partial charge in [0.05, 0.1) is 12.2 Å². The predicted octanol–water partition coefficient (Wildman–Crippen LogP) is 5.48. The zero-order valence-corrected chi connectivity index (χ0v) is 18.0. The Morgan fingerprint density at radius 1 is 1.17 bits per heavy atom. The van der Waals surface area contributed by atoms with Crippen molar-refractivity contribution in [1.29, 1.82) is 0 Å². The number of aryl methyl sites for hydroxylation is 2. The lowest BCUT2D eigenvalue weighted by molar-refractivity contribution is 0.0761. The van der Waals surface area contributed by atoms with Crippen LogP contribution in [0.2, 0.25) is 0 Å². The molecule has 2 aromatic carbocycles. The SMILES string of the molecule is C=CCN(Cc1csc(COc2cccc(C)c2C)n1)C(=O)c1ccc(C)cc1. The van der Waals surface area contributed by atoms with E-state index in [2.05, 4.69) is 31.5 Å². The van der Waals surface area contributed by atoms with Gasteiger partial charge in [-0.25, -0.2) is 4.98 Å². The van der Waals surface area contributed by atoms with E-state index in [1.54, 1.807) is 22.3 Å². The average molecular weight is 407 g/mol. The molecule has 0 unspecified atom stereocenters. The van der Waals surface area contributed by atoms with Gasteiger partial charge in [0.15, 0.2) is 0 Å². The van der Waals surface area contributed by atoms with E-state index in [4.69, 9.17) is 4.74 Å². The normalized spacial score (nSPS) is 10.6. The molecule has 0 radical (unpaired) electrons. The van der Waals surface area contributed by atoms with Gasteiger partial charge in [-0.15, -0.1) is 17.9 Å². The van der Waals surface area contributed by atoms with Crippen LogP contribution in [0.4, 0.5) is 0 Å². The van der Waals surface area contributed by atoms with Crippen LogP contribution in [0.3, 0.4) is 0 Å². The Morgan fingerprint density at radius 3 is 2.66 bits per heavy atom. The van der Waals surface area contributed by atoms with E-state index in [0.29, 0.717) is 25.3 Å². The van der Waals surface area contributed by atoms with Crippen molar-refractivity contribution in [2.75, 3.05) is 6.54 Å². The Morgan fingerprint density at radius 2 is 1.93 bits per heavy atom. The van der Waals surface area contributed by atoms with Crippen molar-refractivity contribution in [3.63, 3.8) is 0 Å². The maximum Gasteiger partial charge on any atom is 0.254 e. The molecule has 0 spiro atoms. The maximum atomic E-state index is 12.9. The molecule has 3 rings (SSSR count). The summed E-state index contributed by atoms with van der Waals surface area (Å²) in [7, 11) is 0. The van der Waals surface area contributed by atoms with Crippen molar-refractivity contribution in [3.8, 4) is 5.75 Å². The first-order valence-electron chi connectivity index (χ1n) is 9.57. The number of amides is 1. The Kier molecular flexibility index (Phi) is 6.83. The van der Waals surface area contributed by atoms with Gasteiger partial charge in [-0.05, 0) is 50.1 Å². The van der Waals surface area contributed by atoms with E-state index in [0.717, 1.165) is 27.6 Å². The molecule has 1 amide bonds. The molecular formula is C24H26N2O2S. The highest BCUT2D eigenvalue weighted by atomic mass is 32.1. The summed E-state index contributed by atoms with van der Waals surface area (Å²) in [5.41, 5.74) is 5.01. The lowest BCUT2D eigenvalue weighted by Crippen LogP contribution is -2.30. The molecule has 150 valence electrons. The molecule has 0 aliphatic carbocycles. The number of thiazole rings is 1. The van der Waals surface area contributed by atoms with Crippen LogP contribution < -0.4 is 4.74 Å². The first kappa shape index (κ1) is 20.8. The van der Waals surface area contributed by atoms with Crippen LogP contribution in [0.5, 0.6) is 5.75 Å². The number of nitrogens with zero attached hydrogens (tertiary/aromatic N) is 2. The highest BCUT2D eigenvalue weighted by Gasteiger charge is 2.16. The fourth-order valence-corrected chi connectivity index (χ4v) is 3.65. The second-order valence-corrected chi connectivity index (χ2v) is 8.00. The van der Waals surface area contributed by atoms with Crippen LogP contribution in [0, 0.1) is 20.8 Å². The number of rotatable bonds is 8. The van der Waals surface area contributed by atoms with Crippen molar-refractivity contribution in [2.45, 2.75) is 33.9 Å². The maximum absolute atomic E-state index is 12.9. The quantitative estimate of drug-likeness (QED) is 0.466. The number of ether oxygens (including phenoxy) is 1. The summed E-state index contributed by atoms with van der Waals surface area (Å²) in [6, 6.07) is 13.7. The van der Waals surface area contributed by atoms with Gasteiger partial charge in [0, 0.05) is 17.5 Å². The highest BCUT2D eigenvalue weighted by Crippen LogP contribution is 2.23. The number of hydrogen-bond donors (Lipinski definition) is 0. The van der Waals surface area contributed by atoms with Gasteiger partial charge in [0.25, 0.3) is 5.91 Å². The van der Waals surface area contributed by atoms with Gasteiger partial charge < -0.3 is 9.64 Å². The van der Waals surface area contributed by atoms with Gasteiger partial charge in [0.1, 0.15) is 17.4 Å². The van der Waals surface area contributed by atoms with Crippen LogP contribution in [-0.2, 0) is 13.2 Å². The van der Waals surface area contributed by atoms with E-state index in [1.807, 2.05) is 48.7 Å². The molecule has 0 aliphatic rings. The molecule has 0 bridgehead atoms. The van der Waals surface area contributed by atoms with E-state index in [9.17, 15) is 4.79 Å². The molecule has 0 saturated heterocycles. The summed E-state index contributed by atoms with van der Waals surface area (Å²) in [4.78, 5) is 19.3. The molecule has 0 N–H and O–H groups in total. The number of benzene rings is 2. The second kappa shape index (κ2) is 9.52. The number of carbonyl (C=O) groups excluding carboxylic acids is 1. The molecule has 1 aromatic heterocycles. The number of carbonyl (C=O) groups is 1. The minimum Gasteiger partial charge on any atom is -0.486 e. The van der Waals surface area contributed by atoms with Gasteiger partial charge in [-0.2, -0.15) is 0 Å². The first-order valence-corrected chi connectivity index (χ1v) is 10.4. The van der Waals surface area contributed by atoms with Crippen LogP contribution >= 0.6 is 11.3 Å². The van der Waals surface area contributed by atoms with Crippen LogP contribution in [-0.4, -0.2) is 22.3 Å². The minimum absolute atomic E-state index is 0.0221. The third-order valence-electron chi connectivity index (χ3n) is 4.79. The molecule has 0 aliphatic heterocycles. The fourth-order valence-electron chi connectivity index (χ4n) is 2.96. The summed E-state index contributed by atoms with van der Waals surface area (Å²) in [5, 5.41) is 2.88. The van der Waals surface area contributed by atoms with Crippen LogP contribution in [0.1, 0.15) is 37.7 Å². The number of aromatic nitrogens is 1. The van der Waals surface area contributed by atoms with Crippen molar-refractivity contribution in [2.24, 2.45) is 0 Å². The van der Waals surface area contributed by atoms with E-state index in [1.165, 1.54) is 5.56 Å². The monoisotopic (exact) mass is 406 g/mol. The highest BCUT2D eigenvalue weighted by molar-refractivity contribution is 7.09. The van der Waals surface area contributed by atoms with Crippen LogP contribution in [0.25, 0.3) is 0 Å². The van der Waals surface area contributed by atoms with Crippen molar-refractivity contribution in [3.05, 3.63) is 93.5 Å². The molecule has 0 fully saturated rings. The summed E-state index contributed by atoms with van der Waals surface area (Å²) in [6.45, 7) is 11.3. The molecular weight excluding hydrogens is 380 g/mol. The smallest absolute Gasteiger partial charge is 0.254 e. The second-order valence-electron chi connectivity index (χ2n) is 7.06. The van der Waals surface area contributed by atoms with E-state index >= 15 is 0 Å². The largest absolute Gasteiger partial charge is 0.486 e. The lowest BCUT2D eigenvalue weighted by atomic mass is 10.1. The average Bonchev–Trinajstić information content (AvgIpc) is 3.16. The third-order valence-corrected chi connectivity index (χ3v) is 5.66. The number of hydrogen-bond acceptors (Lipinski definition) is 4. The van der Waals surface area contributed by atoms with E-state index < -0.39 is 0 Å². The minimum atomic E-state index is -0.0221. The molecule has 5 heteroatoms. The zero-order chi connectivity index (χ0) is 20.8.